The Balaban J connectivity index is 1.56. The Morgan fingerprint density at radius 2 is 1.74 bits per heavy atom. The highest BCUT2D eigenvalue weighted by Gasteiger charge is 2.34. The van der Waals surface area contributed by atoms with Crippen LogP contribution in [0, 0.1) is 6.92 Å². The van der Waals surface area contributed by atoms with Gasteiger partial charge in [-0.2, -0.15) is 0 Å². The van der Waals surface area contributed by atoms with Gasteiger partial charge >= 0.3 is 0 Å². The fourth-order valence-corrected chi connectivity index (χ4v) is 5.06. The number of hydrogen-bond acceptors (Lipinski definition) is 3. The predicted molar refractivity (Wildman–Crippen MR) is 132 cm³/mol. The van der Waals surface area contributed by atoms with E-state index in [1.807, 2.05) is 60.4 Å². The third kappa shape index (κ3) is 6.86. The number of aryl methyl sites for hydroxylation is 1. The summed E-state index contributed by atoms with van der Waals surface area (Å²) >= 11 is 1.63. The van der Waals surface area contributed by atoms with Crippen LogP contribution in [0.4, 0.5) is 11.4 Å². The van der Waals surface area contributed by atoms with Crippen molar-refractivity contribution in [2.24, 2.45) is 0 Å². The largest absolute Gasteiger partial charge is 0.326 e. The number of nitrogens with one attached hydrogen (secondary N) is 1. The van der Waals surface area contributed by atoms with E-state index in [1.54, 1.807) is 11.8 Å². The molecule has 166 valence electrons. The second-order valence-electron chi connectivity index (χ2n) is 8.31. The van der Waals surface area contributed by atoms with Crippen molar-refractivity contribution >= 4 is 35.0 Å². The maximum Gasteiger partial charge on any atom is 0.238 e. The van der Waals surface area contributed by atoms with Gasteiger partial charge in [0.05, 0.1) is 5.75 Å². The van der Waals surface area contributed by atoms with Gasteiger partial charge in [0.15, 0.2) is 0 Å². The number of carbonyl (C=O) groups is 2. The van der Waals surface area contributed by atoms with Crippen molar-refractivity contribution in [1.82, 2.24) is 0 Å². The molecule has 1 fully saturated rings. The Morgan fingerprint density at radius 1 is 1.03 bits per heavy atom. The van der Waals surface area contributed by atoms with Crippen LogP contribution in [0.25, 0.3) is 0 Å². The molecule has 5 heteroatoms. The lowest BCUT2D eigenvalue weighted by molar-refractivity contribution is -0.117. The minimum Gasteiger partial charge on any atom is -0.326 e. The van der Waals surface area contributed by atoms with E-state index in [0.717, 1.165) is 29.8 Å². The molecule has 0 aromatic heterocycles. The van der Waals surface area contributed by atoms with Gasteiger partial charge in [-0.3, -0.25) is 14.5 Å². The average Bonchev–Trinajstić information content (AvgIpc) is 3.15. The summed E-state index contributed by atoms with van der Waals surface area (Å²) in [6, 6.07) is 16.0. The Morgan fingerprint density at radius 3 is 2.48 bits per heavy atom. The van der Waals surface area contributed by atoms with Crippen LogP contribution in [0.5, 0.6) is 0 Å². The molecule has 2 aromatic carbocycles. The zero-order valence-electron chi connectivity index (χ0n) is 18.7. The molecule has 1 aliphatic heterocycles. The van der Waals surface area contributed by atoms with Gasteiger partial charge in [0.25, 0.3) is 0 Å². The van der Waals surface area contributed by atoms with Crippen molar-refractivity contribution in [3.05, 3.63) is 59.7 Å². The van der Waals surface area contributed by atoms with Crippen LogP contribution in [-0.4, -0.2) is 17.6 Å². The number of anilines is 2. The number of unbranched alkanes of at least 4 members (excludes halogenated alkanes) is 6. The monoisotopic (exact) mass is 438 g/mol. The quantitative estimate of drug-likeness (QED) is 0.390. The van der Waals surface area contributed by atoms with E-state index in [0.29, 0.717) is 12.2 Å². The second-order valence-corrected chi connectivity index (χ2v) is 9.38. The number of rotatable bonds is 11. The molecular formula is C26H34N2O2S. The van der Waals surface area contributed by atoms with Crippen LogP contribution >= 0.6 is 11.8 Å². The first-order valence-electron chi connectivity index (χ1n) is 11.5. The molecule has 1 heterocycles. The zero-order chi connectivity index (χ0) is 22.1. The van der Waals surface area contributed by atoms with Crippen molar-refractivity contribution < 1.29 is 9.59 Å². The molecule has 2 amide bonds. The lowest BCUT2D eigenvalue weighted by atomic mass is 10.1. The minimum absolute atomic E-state index is 0.0660. The minimum atomic E-state index is -0.0739. The molecule has 0 bridgehead atoms. The molecule has 1 saturated heterocycles. The van der Waals surface area contributed by atoms with E-state index < -0.39 is 0 Å². The fraction of sp³-hybridized carbons (Fsp3) is 0.462. The molecule has 1 aliphatic rings. The van der Waals surface area contributed by atoms with Crippen LogP contribution in [0.3, 0.4) is 0 Å². The lowest BCUT2D eigenvalue weighted by Crippen LogP contribution is -2.27. The smallest absolute Gasteiger partial charge is 0.238 e. The SMILES string of the molecule is CCCCCCCCCC(=O)Nc1cccc([C@@H]2SCC(=O)N2c2ccc(C)cc2)c1. The van der Waals surface area contributed by atoms with E-state index in [9.17, 15) is 9.59 Å². The molecule has 0 aliphatic carbocycles. The van der Waals surface area contributed by atoms with Crippen molar-refractivity contribution in [2.45, 2.75) is 70.6 Å². The van der Waals surface area contributed by atoms with Gasteiger partial charge in [-0.05, 0) is 43.2 Å². The zero-order valence-corrected chi connectivity index (χ0v) is 19.5. The maximum atomic E-state index is 12.6. The lowest BCUT2D eigenvalue weighted by Gasteiger charge is -2.25. The van der Waals surface area contributed by atoms with Crippen LogP contribution in [0.1, 0.15) is 74.8 Å². The van der Waals surface area contributed by atoms with Crippen molar-refractivity contribution in [3.63, 3.8) is 0 Å². The van der Waals surface area contributed by atoms with E-state index in [4.69, 9.17) is 0 Å². The molecule has 0 spiro atoms. The molecule has 0 unspecified atom stereocenters. The summed E-state index contributed by atoms with van der Waals surface area (Å²) in [5.41, 5.74) is 3.92. The fourth-order valence-electron chi connectivity index (χ4n) is 3.89. The molecule has 3 rings (SSSR count). The summed E-state index contributed by atoms with van der Waals surface area (Å²) in [6.45, 7) is 4.27. The molecule has 1 N–H and O–H groups in total. The summed E-state index contributed by atoms with van der Waals surface area (Å²) < 4.78 is 0. The van der Waals surface area contributed by atoms with E-state index in [-0.39, 0.29) is 17.2 Å². The summed E-state index contributed by atoms with van der Waals surface area (Å²) in [7, 11) is 0. The number of amides is 2. The van der Waals surface area contributed by atoms with E-state index in [2.05, 4.69) is 12.2 Å². The first-order valence-corrected chi connectivity index (χ1v) is 12.5. The van der Waals surface area contributed by atoms with Crippen LogP contribution in [0.2, 0.25) is 0 Å². The Bertz CT molecular complexity index is 866. The second kappa shape index (κ2) is 11.9. The standard InChI is InChI=1S/C26H34N2O2S/c1-3-4-5-6-7-8-9-13-24(29)27-22-12-10-11-21(18-22)26-28(25(30)19-31-26)23-16-14-20(2)15-17-23/h10-12,14-18,26H,3-9,13,19H2,1-2H3,(H,27,29)/t26-/m0/s1. The summed E-state index contributed by atoms with van der Waals surface area (Å²) in [5.74, 6) is 0.649. The van der Waals surface area contributed by atoms with Gasteiger partial charge in [0, 0.05) is 17.8 Å². The van der Waals surface area contributed by atoms with Gasteiger partial charge < -0.3 is 5.32 Å². The third-order valence-corrected chi connectivity index (χ3v) is 6.86. The molecule has 0 saturated carbocycles. The number of nitrogens with zero attached hydrogens (tertiary/aromatic N) is 1. The number of thioether (sulfide) groups is 1. The highest BCUT2D eigenvalue weighted by atomic mass is 32.2. The Kier molecular flexibility index (Phi) is 9.01. The molecule has 0 radical (unpaired) electrons. The van der Waals surface area contributed by atoms with Crippen molar-refractivity contribution in [1.29, 1.82) is 0 Å². The van der Waals surface area contributed by atoms with Crippen molar-refractivity contribution in [2.75, 3.05) is 16.0 Å². The summed E-state index contributed by atoms with van der Waals surface area (Å²) in [6.07, 6.45) is 8.97. The topological polar surface area (TPSA) is 49.4 Å². The molecule has 4 nitrogen and oxygen atoms in total. The van der Waals surface area contributed by atoms with Crippen LogP contribution < -0.4 is 10.2 Å². The van der Waals surface area contributed by atoms with Crippen LogP contribution in [0.15, 0.2) is 48.5 Å². The number of hydrogen-bond donors (Lipinski definition) is 1. The molecular weight excluding hydrogens is 404 g/mol. The van der Waals surface area contributed by atoms with Gasteiger partial charge in [0.1, 0.15) is 5.37 Å². The normalized spacial score (nSPS) is 16.0. The molecule has 1 atom stereocenters. The maximum absolute atomic E-state index is 12.6. The van der Waals surface area contributed by atoms with Crippen molar-refractivity contribution in [3.8, 4) is 0 Å². The van der Waals surface area contributed by atoms with Gasteiger partial charge in [-0.1, -0.05) is 75.3 Å². The summed E-state index contributed by atoms with van der Waals surface area (Å²) in [4.78, 5) is 26.8. The Labute approximate surface area is 190 Å². The highest BCUT2D eigenvalue weighted by Crippen LogP contribution is 2.42. The van der Waals surface area contributed by atoms with Gasteiger partial charge in [0.2, 0.25) is 11.8 Å². The van der Waals surface area contributed by atoms with Crippen LogP contribution in [-0.2, 0) is 9.59 Å². The average molecular weight is 439 g/mol. The molecule has 31 heavy (non-hydrogen) atoms. The third-order valence-electron chi connectivity index (χ3n) is 5.64. The number of carbonyl (C=O) groups excluding carboxylic acids is 2. The van der Waals surface area contributed by atoms with E-state index >= 15 is 0 Å². The number of benzene rings is 2. The van der Waals surface area contributed by atoms with E-state index in [1.165, 1.54) is 37.7 Å². The molecule has 2 aromatic rings. The predicted octanol–water partition coefficient (Wildman–Crippen LogP) is 6.85. The summed E-state index contributed by atoms with van der Waals surface area (Å²) in [5, 5.41) is 2.96. The first-order chi connectivity index (χ1) is 15.1. The first kappa shape index (κ1) is 23.4. The van der Waals surface area contributed by atoms with Gasteiger partial charge in [-0.15, -0.1) is 11.8 Å². The highest BCUT2D eigenvalue weighted by molar-refractivity contribution is 8.00. The van der Waals surface area contributed by atoms with Gasteiger partial charge in [-0.25, -0.2) is 0 Å². The Hall–Kier alpha value is -2.27.